The molecular weight excluding hydrogens is 440 g/mol. The molecule has 0 radical (unpaired) electrons. The zero-order chi connectivity index (χ0) is 21.7. The summed E-state index contributed by atoms with van der Waals surface area (Å²) in [5, 5.41) is 11.2. The van der Waals surface area contributed by atoms with E-state index in [-0.39, 0.29) is 10.8 Å². The summed E-state index contributed by atoms with van der Waals surface area (Å²) in [5.41, 5.74) is 0.856. The SMILES string of the molecule is CC(C)CSc1nnc(NC(=O)c2ccc(N(C)S(=O)(=O)c3ccccc3)cc2)s1. The summed E-state index contributed by atoms with van der Waals surface area (Å²) >= 11 is 2.94. The fraction of sp³-hybridized carbons (Fsp3) is 0.250. The van der Waals surface area contributed by atoms with Gasteiger partial charge in [0, 0.05) is 18.4 Å². The van der Waals surface area contributed by atoms with Crippen LogP contribution < -0.4 is 9.62 Å². The molecule has 1 heterocycles. The average molecular weight is 463 g/mol. The van der Waals surface area contributed by atoms with E-state index >= 15 is 0 Å². The van der Waals surface area contributed by atoms with Crippen LogP contribution in [0, 0.1) is 5.92 Å². The number of rotatable bonds is 8. The predicted molar refractivity (Wildman–Crippen MR) is 122 cm³/mol. The van der Waals surface area contributed by atoms with Crippen molar-refractivity contribution in [1.82, 2.24) is 10.2 Å². The number of anilines is 2. The first kappa shape index (κ1) is 22.3. The molecule has 1 N–H and O–H groups in total. The molecule has 1 amide bonds. The third-order valence-electron chi connectivity index (χ3n) is 4.06. The molecule has 0 fully saturated rings. The van der Waals surface area contributed by atoms with Gasteiger partial charge in [-0.1, -0.05) is 55.1 Å². The van der Waals surface area contributed by atoms with Crippen LogP contribution >= 0.6 is 23.1 Å². The Kier molecular flexibility index (Phi) is 7.11. The first-order chi connectivity index (χ1) is 14.3. The number of carbonyl (C=O) groups is 1. The maximum absolute atomic E-state index is 12.7. The van der Waals surface area contributed by atoms with Gasteiger partial charge in [0.15, 0.2) is 4.34 Å². The van der Waals surface area contributed by atoms with E-state index in [0.29, 0.717) is 22.3 Å². The van der Waals surface area contributed by atoms with Gasteiger partial charge in [-0.25, -0.2) is 8.42 Å². The fourth-order valence-electron chi connectivity index (χ4n) is 2.44. The number of benzene rings is 2. The Bertz CT molecular complexity index is 1100. The van der Waals surface area contributed by atoms with Crippen molar-refractivity contribution in [1.29, 1.82) is 0 Å². The summed E-state index contributed by atoms with van der Waals surface area (Å²) in [7, 11) is -2.19. The maximum Gasteiger partial charge on any atom is 0.264 e. The van der Waals surface area contributed by atoms with Gasteiger partial charge < -0.3 is 0 Å². The fourth-order valence-corrected chi connectivity index (χ4v) is 5.38. The molecule has 0 bridgehead atoms. The largest absolute Gasteiger partial charge is 0.296 e. The minimum atomic E-state index is -3.67. The topological polar surface area (TPSA) is 92.3 Å². The molecule has 0 spiro atoms. The standard InChI is InChI=1S/C20H22N4O3S3/c1-14(2)13-28-20-23-22-19(29-20)21-18(25)15-9-11-16(12-10-15)24(3)30(26,27)17-7-5-4-6-8-17/h4-12,14H,13H2,1-3H3,(H,21,22,25). The maximum atomic E-state index is 12.7. The van der Waals surface area contributed by atoms with E-state index in [0.717, 1.165) is 10.1 Å². The van der Waals surface area contributed by atoms with Crippen molar-refractivity contribution >= 4 is 49.8 Å². The molecule has 7 nitrogen and oxygen atoms in total. The van der Waals surface area contributed by atoms with Crippen molar-refractivity contribution < 1.29 is 13.2 Å². The van der Waals surface area contributed by atoms with Crippen molar-refractivity contribution in [3.8, 4) is 0 Å². The second-order valence-corrected chi connectivity index (χ2v) is 11.1. The number of carbonyl (C=O) groups excluding carboxylic acids is 1. The van der Waals surface area contributed by atoms with Gasteiger partial charge in [-0.15, -0.1) is 10.2 Å². The molecule has 3 rings (SSSR count). The molecule has 0 aliphatic rings. The van der Waals surface area contributed by atoms with Gasteiger partial charge in [-0.3, -0.25) is 14.4 Å². The molecule has 30 heavy (non-hydrogen) atoms. The van der Waals surface area contributed by atoms with Crippen molar-refractivity contribution in [2.24, 2.45) is 5.92 Å². The minimum Gasteiger partial charge on any atom is -0.296 e. The molecule has 0 saturated carbocycles. The summed E-state index contributed by atoms with van der Waals surface area (Å²) in [5.74, 6) is 1.15. The van der Waals surface area contributed by atoms with Crippen LogP contribution in [0.3, 0.4) is 0 Å². The molecule has 1 aromatic heterocycles. The molecule has 0 unspecified atom stereocenters. The number of hydrogen-bond donors (Lipinski definition) is 1. The number of hydrogen-bond acceptors (Lipinski definition) is 7. The van der Waals surface area contributed by atoms with E-state index in [4.69, 9.17) is 0 Å². The number of thioether (sulfide) groups is 1. The quantitative estimate of drug-likeness (QED) is 0.395. The molecule has 10 heteroatoms. The van der Waals surface area contributed by atoms with Gasteiger partial charge in [0.2, 0.25) is 5.13 Å². The highest BCUT2D eigenvalue weighted by Gasteiger charge is 2.21. The van der Waals surface area contributed by atoms with E-state index in [1.165, 1.54) is 22.7 Å². The molecule has 158 valence electrons. The van der Waals surface area contributed by atoms with Crippen molar-refractivity contribution in [2.75, 3.05) is 22.4 Å². The van der Waals surface area contributed by atoms with Crippen LogP contribution in [-0.4, -0.2) is 37.3 Å². The first-order valence-corrected chi connectivity index (χ1v) is 12.4. The predicted octanol–water partition coefficient (Wildman–Crippen LogP) is 4.36. The summed E-state index contributed by atoms with van der Waals surface area (Å²) < 4.78 is 27.4. The van der Waals surface area contributed by atoms with E-state index in [1.54, 1.807) is 66.4 Å². The van der Waals surface area contributed by atoms with Crippen molar-refractivity contribution in [3.63, 3.8) is 0 Å². The monoisotopic (exact) mass is 462 g/mol. The highest BCUT2D eigenvalue weighted by atomic mass is 32.2. The second-order valence-electron chi connectivity index (χ2n) is 6.86. The summed E-state index contributed by atoms with van der Waals surface area (Å²) in [6, 6.07) is 14.6. The summed E-state index contributed by atoms with van der Waals surface area (Å²) in [6.45, 7) is 4.26. The molecule has 3 aromatic rings. The van der Waals surface area contributed by atoms with Crippen LogP contribution in [-0.2, 0) is 10.0 Å². The number of nitrogens with one attached hydrogen (secondary N) is 1. The van der Waals surface area contributed by atoms with Crippen LogP contribution in [0.1, 0.15) is 24.2 Å². The molecule has 0 aliphatic carbocycles. The van der Waals surface area contributed by atoms with Crippen LogP contribution in [0.25, 0.3) is 0 Å². The van der Waals surface area contributed by atoms with Crippen LogP contribution in [0.5, 0.6) is 0 Å². The number of nitrogens with zero attached hydrogens (tertiary/aromatic N) is 3. The number of sulfonamides is 1. The zero-order valence-corrected chi connectivity index (χ0v) is 19.2. The Labute approximate surface area is 184 Å². The lowest BCUT2D eigenvalue weighted by atomic mass is 10.2. The van der Waals surface area contributed by atoms with Gasteiger partial charge in [0.1, 0.15) is 0 Å². The Morgan fingerprint density at radius 3 is 2.40 bits per heavy atom. The minimum absolute atomic E-state index is 0.205. The van der Waals surface area contributed by atoms with Gasteiger partial charge in [-0.2, -0.15) is 0 Å². The third-order valence-corrected chi connectivity index (χ3v) is 8.26. The van der Waals surface area contributed by atoms with Gasteiger partial charge in [0.25, 0.3) is 15.9 Å². The molecular formula is C20H22N4O3S3. The first-order valence-electron chi connectivity index (χ1n) is 9.19. The van der Waals surface area contributed by atoms with Crippen LogP contribution in [0.2, 0.25) is 0 Å². The lowest BCUT2D eigenvalue weighted by Gasteiger charge is -2.19. The highest BCUT2D eigenvalue weighted by molar-refractivity contribution is 8.01. The van der Waals surface area contributed by atoms with E-state index in [1.807, 2.05) is 0 Å². The smallest absolute Gasteiger partial charge is 0.264 e. The molecule has 0 atom stereocenters. The lowest BCUT2D eigenvalue weighted by molar-refractivity contribution is 0.102. The summed E-state index contributed by atoms with van der Waals surface area (Å²) in [4.78, 5) is 12.7. The Hall–Kier alpha value is -2.43. The average Bonchev–Trinajstić information content (AvgIpc) is 3.19. The highest BCUT2D eigenvalue weighted by Crippen LogP contribution is 2.27. The molecule has 0 aliphatic heterocycles. The number of aromatic nitrogens is 2. The van der Waals surface area contributed by atoms with Crippen LogP contribution in [0.4, 0.5) is 10.8 Å². The lowest BCUT2D eigenvalue weighted by Crippen LogP contribution is -2.26. The normalized spacial score (nSPS) is 11.5. The van der Waals surface area contributed by atoms with Crippen molar-refractivity contribution in [3.05, 3.63) is 60.2 Å². The van der Waals surface area contributed by atoms with E-state index in [9.17, 15) is 13.2 Å². The summed E-state index contributed by atoms with van der Waals surface area (Å²) in [6.07, 6.45) is 0. The van der Waals surface area contributed by atoms with Gasteiger partial charge in [0.05, 0.1) is 10.6 Å². The van der Waals surface area contributed by atoms with Crippen molar-refractivity contribution in [2.45, 2.75) is 23.1 Å². The zero-order valence-electron chi connectivity index (χ0n) is 16.8. The van der Waals surface area contributed by atoms with Crippen LogP contribution in [0.15, 0.2) is 63.8 Å². The second kappa shape index (κ2) is 9.59. The van der Waals surface area contributed by atoms with E-state index < -0.39 is 10.0 Å². The van der Waals surface area contributed by atoms with Gasteiger partial charge >= 0.3 is 0 Å². The Balaban J connectivity index is 1.67. The Morgan fingerprint density at radius 2 is 1.77 bits per heavy atom. The molecule has 0 saturated heterocycles. The van der Waals surface area contributed by atoms with Gasteiger partial charge in [-0.05, 0) is 42.3 Å². The third kappa shape index (κ3) is 5.38. The number of amides is 1. The molecule has 2 aromatic carbocycles. The Morgan fingerprint density at radius 1 is 1.10 bits per heavy atom. The van der Waals surface area contributed by atoms with E-state index in [2.05, 4.69) is 29.4 Å².